The highest BCUT2D eigenvalue weighted by Gasteiger charge is 2.35. The lowest BCUT2D eigenvalue weighted by atomic mass is 9.91. The van der Waals surface area contributed by atoms with Gasteiger partial charge in [-0.3, -0.25) is 4.79 Å². The predicted octanol–water partition coefficient (Wildman–Crippen LogP) is 5.62. The number of ether oxygens (including phenoxy) is 1. The van der Waals surface area contributed by atoms with Crippen molar-refractivity contribution in [3.8, 4) is 16.9 Å². The van der Waals surface area contributed by atoms with E-state index in [0.29, 0.717) is 22.8 Å². The number of aromatic amines is 1. The fourth-order valence-corrected chi connectivity index (χ4v) is 5.12. The number of fused-ring (bicyclic) bond motifs is 1. The van der Waals surface area contributed by atoms with Crippen LogP contribution >= 0.6 is 28.1 Å². The zero-order chi connectivity index (χ0) is 24.5. The third-order valence-electron chi connectivity index (χ3n) is 6.16. The van der Waals surface area contributed by atoms with Crippen molar-refractivity contribution >= 4 is 49.9 Å². The molecule has 8 heteroatoms. The summed E-state index contributed by atoms with van der Waals surface area (Å²) in [5, 5.41) is 11.1. The number of hydrogen-bond donors (Lipinski definition) is 2. The fraction of sp³-hybridized carbons (Fsp3) is 0.148. The van der Waals surface area contributed by atoms with Gasteiger partial charge in [-0.25, -0.2) is 5.01 Å². The number of para-hydroxylation sites is 1. The first-order valence-electron chi connectivity index (χ1n) is 11.1. The Labute approximate surface area is 216 Å². The molecule has 1 unspecified atom stereocenters. The Morgan fingerprint density at radius 2 is 1.86 bits per heavy atom. The number of hydrazone groups is 1. The van der Waals surface area contributed by atoms with Crippen LogP contribution in [0.25, 0.3) is 22.0 Å². The molecule has 0 radical (unpaired) electrons. The van der Waals surface area contributed by atoms with Crippen LogP contribution in [-0.2, 0) is 0 Å². The summed E-state index contributed by atoms with van der Waals surface area (Å²) in [4.78, 5) is 16.6. The van der Waals surface area contributed by atoms with Crippen LogP contribution in [0, 0.1) is 0 Å². The summed E-state index contributed by atoms with van der Waals surface area (Å²) in [6, 6.07) is 23.4. The van der Waals surface area contributed by atoms with Gasteiger partial charge in [-0.2, -0.15) is 5.10 Å². The first-order valence-corrected chi connectivity index (χ1v) is 12.3. The molecule has 1 aliphatic rings. The second-order valence-corrected chi connectivity index (χ2v) is 9.47. The number of benzene rings is 3. The van der Waals surface area contributed by atoms with Crippen molar-refractivity contribution in [3.05, 3.63) is 98.7 Å². The molecule has 0 bridgehead atoms. The number of pyridine rings is 1. The van der Waals surface area contributed by atoms with Gasteiger partial charge in [-0.1, -0.05) is 64.5 Å². The molecule has 6 nitrogen and oxygen atoms in total. The van der Waals surface area contributed by atoms with Gasteiger partial charge in [0.2, 0.25) is 0 Å². The standard InChI is InChI=1S/C27H23BrN4O2S/c1-29-27(35)32-22(18-10-6-7-11-23(18)34-2)15-21(31-32)25-24(16-8-4-3-5-9-16)19-14-17(28)12-13-20(19)30-26(25)33/h3-14,22H,15H2,1-2H3,(H,29,35)(H,30,33). The topological polar surface area (TPSA) is 69.7 Å². The molecule has 0 saturated carbocycles. The Balaban J connectivity index is 1.75. The summed E-state index contributed by atoms with van der Waals surface area (Å²) < 4.78 is 6.56. The molecule has 0 amide bonds. The van der Waals surface area contributed by atoms with Crippen LogP contribution in [0.1, 0.15) is 23.6 Å². The van der Waals surface area contributed by atoms with Gasteiger partial charge in [0.05, 0.1) is 24.4 Å². The van der Waals surface area contributed by atoms with Gasteiger partial charge in [-0.05, 0) is 42.0 Å². The number of rotatable bonds is 4. The van der Waals surface area contributed by atoms with Crippen molar-refractivity contribution in [1.29, 1.82) is 0 Å². The minimum absolute atomic E-state index is 0.187. The number of hydrogen-bond acceptors (Lipinski definition) is 4. The largest absolute Gasteiger partial charge is 0.496 e. The van der Waals surface area contributed by atoms with Crippen molar-refractivity contribution in [2.45, 2.75) is 12.5 Å². The molecule has 5 rings (SSSR count). The maximum atomic E-state index is 13.6. The van der Waals surface area contributed by atoms with Gasteiger partial charge in [0.25, 0.3) is 5.56 Å². The molecular formula is C27H23BrN4O2S. The highest BCUT2D eigenvalue weighted by atomic mass is 79.9. The zero-order valence-electron chi connectivity index (χ0n) is 19.2. The van der Waals surface area contributed by atoms with E-state index in [1.165, 1.54) is 0 Å². The van der Waals surface area contributed by atoms with E-state index in [1.807, 2.05) is 72.8 Å². The van der Waals surface area contributed by atoms with Crippen LogP contribution in [0.2, 0.25) is 0 Å². The molecule has 0 saturated heterocycles. The van der Waals surface area contributed by atoms with Crippen molar-refractivity contribution in [2.24, 2.45) is 5.10 Å². The predicted molar refractivity (Wildman–Crippen MR) is 148 cm³/mol. The maximum Gasteiger partial charge on any atom is 0.258 e. The van der Waals surface area contributed by atoms with Crippen molar-refractivity contribution in [1.82, 2.24) is 15.3 Å². The van der Waals surface area contributed by atoms with E-state index < -0.39 is 0 Å². The quantitative estimate of drug-likeness (QED) is 0.325. The van der Waals surface area contributed by atoms with Crippen molar-refractivity contribution in [2.75, 3.05) is 14.2 Å². The van der Waals surface area contributed by atoms with Crippen LogP contribution in [0.4, 0.5) is 0 Å². The third-order valence-corrected chi connectivity index (χ3v) is 7.04. The number of H-pyrrole nitrogens is 1. The molecule has 3 aromatic carbocycles. The lowest BCUT2D eigenvalue weighted by molar-refractivity contribution is 0.344. The molecule has 1 aliphatic heterocycles. The van der Waals surface area contributed by atoms with Gasteiger partial charge in [-0.15, -0.1) is 0 Å². The highest BCUT2D eigenvalue weighted by molar-refractivity contribution is 9.10. The Morgan fingerprint density at radius 3 is 2.60 bits per heavy atom. The Bertz CT molecular complexity index is 1520. The van der Waals surface area contributed by atoms with Gasteiger partial charge >= 0.3 is 0 Å². The van der Waals surface area contributed by atoms with Gasteiger partial charge < -0.3 is 15.0 Å². The van der Waals surface area contributed by atoms with E-state index in [1.54, 1.807) is 19.2 Å². The Kier molecular flexibility index (Phi) is 6.40. The van der Waals surface area contributed by atoms with E-state index in [9.17, 15) is 4.79 Å². The first-order chi connectivity index (χ1) is 17.0. The van der Waals surface area contributed by atoms with Gasteiger partial charge in [0.1, 0.15) is 5.75 Å². The summed E-state index contributed by atoms with van der Waals surface area (Å²) >= 11 is 9.19. The summed E-state index contributed by atoms with van der Waals surface area (Å²) in [6.45, 7) is 0. The molecule has 2 heterocycles. The third kappa shape index (κ3) is 4.24. The monoisotopic (exact) mass is 546 g/mol. The molecular weight excluding hydrogens is 524 g/mol. The SMILES string of the molecule is CNC(=S)N1N=C(c2c(-c3ccccc3)c3cc(Br)ccc3[nH]c2=O)CC1c1ccccc1OC. The molecule has 0 spiro atoms. The average Bonchev–Trinajstić information content (AvgIpc) is 3.33. The minimum atomic E-state index is -0.220. The fourth-order valence-electron chi connectivity index (χ4n) is 4.59. The van der Waals surface area contributed by atoms with Crippen molar-refractivity contribution < 1.29 is 4.74 Å². The molecule has 176 valence electrons. The molecule has 1 atom stereocenters. The van der Waals surface area contributed by atoms with Gasteiger partial charge in [0.15, 0.2) is 5.11 Å². The van der Waals surface area contributed by atoms with E-state index >= 15 is 0 Å². The number of methoxy groups -OCH3 is 1. The highest BCUT2D eigenvalue weighted by Crippen LogP contribution is 2.39. The van der Waals surface area contributed by atoms with Crippen LogP contribution in [0.5, 0.6) is 5.75 Å². The smallest absolute Gasteiger partial charge is 0.258 e. The number of thiocarbonyl (C=S) groups is 1. The maximum absolute atomic E-state index is 13.6. The van der Waals surface area contributed by atoms with Crippen LogP contribution in [0.3, 0.4) is 0 Å². The lowest BCUT2D eigenvalue weighted by Crippen LogP contribution is -2.34. The second-order valence-electron chi connectivity index (χ2n) is 8.17. The second kappa shape index (κ2) is 9.64. The van der Waals surface area contributed by atoms with E-state index in [4.69, 9.17) is 22.1 Å². The van der Waals surface area contributed by atoms with Crippen LogP contribution < -0.4 is 15.6 Å². The molecule has 1 aromatic heterocycles. The Morgan fingerprint density at radius 1 is 1.11 bits per heavy atom. The summed E-state index contributed by atoms with van der Waals surface area (Å²) in [5.41, 5.74) is 4.54. The van der Waals surface area contributed by atoms with Crippen LogP contribution in [0.15, 0.2) is 87.2 Å². The Hall–Kier alpha value is -3.49. The lowest BCUT2D eigenvalue weighted by Gasteiger charge is -2.25. The van der Waals surface area contributed by atoms with E-state index in [-0.39, 0.29) is 11.6 Å². The summed E-state index contributed by atoms with van der Waals surface area (Å²) in [6.07, 6.45) is 0.491. The van der Waals surface area contributed by atoms with Gasteiger partial charge in [0, 0.05) is 40.0 Å². The number of nitrogens with one attached hydrogen (secondary N) is 2. The normalized spacial score (nSPS) is 15.2. The van der Waals surface area contributed by atoms with Crippen LogP contribution in [-0.4, -0.2) is 35.0 Å². The molecule has 0 fully saturated rings. The molecule has 4 aromatic rings. The number of halogens is 1. The van der Waals surface area contributed by atoms with E-state index in [0.717, 1.165) is 37.8 Å². The summed E-state index contributed by atoms with van der Waals surface area (Å²) in [5.74, 6) is 0.748. The number of nitrogens with zero attached hydrogens (tertiary/aromatic N) is 2. The van der Waals surface area contributed by atoms with Crippen molar-refractivity contribution in [3.63, 3.8) is 0 Å². The first kappa shape index (κ1) is 23.3. The summed E-state index contributed by atoms with van der Waals surface area (Å²) in [7, 11) is 3.42. The molecule has 2 N–H and O–H groups in total. The minimum Gasteiger partial charge on any atom is -0.496 e. The number of aromatic nitrogens is 1. The molecule has 0 aliphatic carbocycles. The zero-order valence-corrected chi connectivity index (χ0v) is 21.6. The average molecular weight is 547 g/mol. The van der Waals surface area contributed by atoms with E-state index in [2.05, 4.69) is 26.2 Å². The molecule has 35 heavy (non-hydrogen) atoms.